The van der Waals surface area contributed by atoms with Gasteiger partial charge in [-0.25, -0.2) is 0 Å². The van der Waals surface area contributed by atoms with Crippen molar-refractivity contribution in [3.8, 4) is 11.5 Å². The molecule has 0 aliphatic carbocycles. The summed E-state index contributed by atoms with van der Waals surface area (Å²) in [4.78, 5) is 2.56. The standard InChI is InChI=1S/C23H31BrN2O2.2ClH/c1-3-26-12-8-11-20(26)16-25-15-19-13-21(24)23(22(14-19)27-4-2)28-17-18-9-6-5-7-10-18;;/h5-7,9-10,13-14,20,25H,3-4,8,11-12,15-17H2,1-2H3;2*1H. The number of benzene rings is 2. The molecular weight excluding hydrogens is 487 g/mol. The van der Waals surface area contributed by atoms with Gasteiger partial charge in [-0.3, -0.25) is 4.90 Å². The Labute approximate surface area is 201 Å². The summed E-state index contributed by atoms with van der Waals surface area (Å²) in [6, 6.07) is 15.1. The number of halogens is 3. The number of nitrogens with one attached hydrogen (secondary N) is 1. The Morgan fingerprint density at radius 3 is 2.53 bits per heavy atom. The quantitative estimate of drug-likeness (QED) is 0.427. The van der Waals surface area contributed by atoms with Crippen LogP contribution < -0.4 is 14.8 Å². The van der Waals surface area contributed by atoms with Crippen LogP contribution in [0.15, 0.2) is 46.9 Å². The third-order valence-electron chi connectivity index (χ3n) is 5.21. The van der Waals surface area contributed by atoms with Gasteiger partial charge in [-0.2, -0.15) is 0 Å². The number of rotatable bonds is 10. The highest BCUT2D eigenvalue weighted by Crippen LogP contribution is 2.37. The molecule has 2 aromatic carbocycles. The van der Waals surface area contributed by atoms with E-state index in [0.717, 1.165) is 41.2 Å². The monoisotopic (exact) mass is 518 g/mol. The molecule has 1 heterocycles. The zero-order chi connectivity index (χ0) is 19.8. The van der Waals surface area contributed by atoms with E-state index in [1.165, 1.54) is 24.9 Å². The summed E-state index contributed by atoms with van der Waals surface area (Å²) in [5.74, 6) is 1.56. The minimum absolute atomic E-state index is 0. The molecule has 30 heavy (non-hydrogen) atoms. The molecular formula is C23H33BrCl2N2O2. The number of likely N-dealkylation sites (N-methyl/N-ethyl adjacent to an activating group) is 1. The highest BCUT2D eigenvalue weighted by atomic mass is 79.9. The van der Waals surface area contributed by atoms with Crippen LogP contribution in [-0.4, -0.2) is 37.2 Å². The maximum absolute atomic E-state index is 6.08. The van der Waals surface area contributed by atoms with Gasteiger partial charge in [0.2, 0.25) is 0 Å². The summed E-state index contributed by atoms with van der Waals surface area (Å²) in [7, 11) is 0. The van der Waals surface area contributed by atoms with E-state index in [1.807, 2.05) is 25.1 Å². The van der Waals surface area contributed by atoms with E-state index in [4.69, 9.17) is 9.47 Å². The molecule has 0 amide bonds. The molecule has 1 fully saturated rings. The van der Waals surface area contributed by atoms with Crippen LogP contribution >= 0.6 is 40.7 Å². The van der Waals surface area contributed by atoms with Gasteiger partial charge in [0.15, 0.2) is 11.5 Å². The Morgan fingerprint density at radius 2 is 1.83 bits per heavy atom. The maximum atomic E-state index is 6.08. The summed E-state index contributed by atoms with van der Waals surface area (Å²) in [5, 5.41) is 3.62. The van der Waals surface area contributed by atoms with Gasteiger partial charge in [-0.15, -0.1) is 24.8 Å². The van der Waals surface area contributed by atoms with Crippen LogP contribution in [0.2, 0.25) is 0 Å². The van der Waals surface area contributed by atoms with Crippen molar-refractivity contribution >= 4 is 40.7 Å². The lowest BCUT2D eigenvalue weighted by Crippen LogP contribution is -2.37. The molecule has 2 aromatic rings. The topological polar surface area (TPSA) is 33.7 Å². The van der Waals surface area contributed by atoms with Crippen molar-refractivity contribution in [3.05, 3.63) is 58.1 Å². The average Bonchev–Trinajstić information content (AvgIpc) is 3.16. The summed E-state index contributed by atoms with van der Waals surface area (Å²) < 4.78 is 12.9. The van der Waals surface area contributed by atoms with E-state index < -0.39 is 0 Å². The Balaban J connectivity index is 0.00000225. The molecule has 4 nitrogen and oxygen atoms in total. The molecule has 7 heteroatoms. The zero-order valence-corrected chi connectivity index (χ0v) is 21.0. The lowest BCUT2D eigenvalue weighted by molar-refractivity contribution is 0.259. The molecule has 0 saturated carbocycles. The fraction of sp³-hybridized carbons (Fsp3) is 0.478. The average molecular weight is 520 g/mol. The first-order valence-electron chi connectivity index (χ1n) is 10.3. The van der Waals surface area contributed by atoms with E-state index in [0.29, 0.717) is 19.3 Å². The first kappa shape index (κ1) is 27.1. The molecule has 1 atom stereocenters. The van der Waals surface area contributed by atoms with E-state index >= 15 is 0 Å². The molecule has 0 aromatic heterocycles. The van der Waals surface area contributed by atoms with Gasteiger partial charge in [-0.1, -0.05) is 37.3 Å². The summed E-state index contributed by atoms with van der Waals surface area (Å²) in [6.07, 6.45) is 2.61. The second-order valence-corrected chi connectivity index (χ2v) is 8.02. The number of likely N-dealkylation sites (tertiary alicyclic amines) is 1. The molecule has 1 unspecified atom stereocenters. The van der Waals surface area contributed by atoms with Crippen molar-refractivity contribution < 1.29 is 9.47 Å². The number of hydrogen-bond donors (Lipinski definition) is 1. The molecule has 0 bridgehead atoms. The Kier molecular flexibility index (Phi) is 12.8. The number of nitrogens with zero attached hydrogens (tertiary/aromatic N) is 1. The van der Waals surface area contributed by atoms with Crippen molar-refractivity contribution in [2.45, 2.75) is 45.9 Å². The van der Waals surface area contributed by atoms with Gasteiger partial charge in [0.25, 0.3) is 0 Å². The van der Waals surface area contributed by atoms with Gasteiger partial charge in [0, 0.05) is 19.1 Å². The van der Waals surface area contributed by atoms with Crippen molar-refractivity contribution in [3.63, 3.8) is 0 Å². The van der Waals surface area contributed by atoms with Gasteiger partial charge >= 0.3 is 0 Å². The Bertz CT molecular complexity index is 749. The SMILES string of the molecule is CCOc1cc(CNCC2CCCN2CC)cc(Br)c1OCc1ccccc1.Cl.Cl. The fourth-order valence-corrected chi connectivity index (χ4v) is 4.39. The molecule has 168 valence electrons. The predicted octanol–water partition coefficient (Wildman–Crippen LogP) is 5.84. The molecule has 1 N–H and O–H groups in total. The largest absolute Gasteiger partial charge is 0.490 e. The Hall–Kier alpha value is -0.980. The third kappa shape index (κ3) is 7.61. The van der Waals surface area contributed by atoms with E-state index in [-0.39, 0.29) is 24.8 Å². The van der Waals surface area contributed by atoms with E-state index in [9.17, 15) is 0 Å². The summed E-state index contributed by atoms with van der Waals surface area (Å²) in [5.41, 5.74) is 2.34. The number of hydrogen-bond acceptors (Lipinski definition) is 4. The van der Waals surface area contributed by atoms with Crippen LogP contribution in [0.25, 0.3) is 0 Å². The highest BCUT2D eigenvalue weighted by Gasteiger charge is 2.22. The molecule has 0 radical (unpaired) electrons. The first-order chi connectivity index (χ1) is 13.7. The van der Waals surface area contributed by atoms with Crippen molar-refractivity contribution in [2.24, 2.45) is 0 Å². The summed E-state index contributed by atoms with van der Waals surface area (Å²) in [6.45, 7) is 9.60. The molecule has 1 aliphatic heterocycles. The molecule has 3 rings (SSSR count). The van der Waals surface area contributed by atoms with Crippen molar-refractivity contribution in [1.29, 1.82) is 0 Å². The molecule has 1 aliphatic rings. The van der Waals surface area contributed by atoms with Gasteiger partial charge < -0.3 is 14.8 Å². The minimum Gasteiger partial charge on any atom is -0.490 e. The van der Waals surface area contributed by atoms with E-state index in [1.54, 1.807) is 0 Å². The number of ether oxygens (including phenoxy) is 2. The predicted molar refractivity (Wildman–Crippen MR) is 133 cm³/mol. The van der Waals surface area contributed by atoms with Crippen LogP contribution in [0.3, 0.4) is 0 Å². The van der Waals surface area contributed by atoms with Crippen LogP contribution in [0, 0.1) is 0 Å². The summed E-state index contributed by atoms with van der Waals surface area (Å²) >= 11 is 3.68. The zero-order valence-electron chi connectivity index (χ0n) is 17.7. The Morgan fingerprint density at radius 1 is 1.07 bits per heavy atom. The second-order valence-electron chi connectivity index (χ2n) is 7.17. The van der Waals surface area contributed by atoms with Crippen LogP contribution in [0.5, 0.6) is 11.5 Å². The smallest absolute Gasteiger partial charge is 0.175 e. The van der Waals surface area contributed by atoms with Crippen molar-refractivity contribution in [2.75, 3.05) is 26.2 Å². The minimum atomic E-state index is 0. The fourth-order valence-electron chi connectivity index (χ4n) is 3.78. The lowest BCUT2D eigenvalue weighted by atomic mass is 10.1. The van der Waals surface area contributed by atoms with Crippen LogP contribution in [0.1, 0.15) is 37.8 Å². The second kappa shape index (κ2) is 14.2. The highest BCUT2D eigenvalue weighted by molar-refractivity contribution is 9.10. The first-order valence-corrected chi connectivity index (χ1v) is 11.1. The van der Waals surface area contributed by atoms with Gasteiger partial charge in [0.1, 0.15) is 6.61 Å². The normalized spacial score (nSPS) is 15.9. The maximum Gasteiger partial charge on any atom is 0.175 e. The lowest BCUT2D eigenvalue weighted by Gasteiger charge is -2.23. The van der Waals surface area contributed by atoms with Gasteiger partial charge in [0.05, 0.1) is 11.1 Å². The van der Waals surface area contributed by atoms with Gasteiger partial charge in [-0.05, 0) is 72.0 Å². The molecule has 1 saturated heterocycles. The van der Waals surface area contributed by atoms with E-state index in [2.05, 4.69) is 57.3 Å². The van der Waals surface area contributed by atoms with Crippen LogP contribution in [0.4, 0.5) is 0 Å². The van der Waals surface area contributed by atoms with Crippen molar-refractivity contribution in [1.82, 2.24) is 10.2 Å². The third-order valence-corrected chi connectivity index (χ3v) is 5.80. The molecule has 0 spiro atoms. The van der Waals surface area contributed by atoms with Crippen LogP contribution in [-0.2, 0) is 13.2 Å².